The topological polar surface area (TPSA) is 40.5 Å². The van der Waals surface area contributed by atoms with Gasteiger partial charge in [0.25, 0.3) is 0 Å². The molecular formula is C14H19NO2. The van der Waals surface area contributed by atoms with Gasteiger partial charge in [-0.3, -0.25) is 4.79 Å². The molecule has 0 bridgehead atoms. The first-order valence-electron chi connectivity index (χ1n) is 6.05. The van der Waals surface area contributed by atoms with Crippen LogP contribution in [0.1, 0.15) is 30.9 Å². The third-order valence-electron chi connectivity index (χ3n) is 3.55. The number of nitrogens with zero attached hydrogens (tertiary/aromatic N) is 1. The average Bonchev–Trinajstić information content (AvgIpc) is 2.54. The highest BCUT2D eigenvalue weighted by Gasteiger charge is 2.23. The molecule has 0 aliphatic carbocycles. The number of aliphatic carboxylic acids is 1. The Balaban J connectivity index is 2.23. The molecule has 17 heavy (non-hydrogen) atoms. The number of hydrogen-bond acceptors (Lipinski definition) is 2. The van der Waals surface area contributed by atoms with E-state index in [1.807, 2.05) is 6.07 Å². The van der Waals surface area contributed by atoms with Gasteiger partial charge in [0, 0.05) is 25.2 Å². The second kappa shape index (κ2) is 4.40. The van der Waals surface area contributed by atoms with E-state index in [2.05, 4.69) is 31.0 Å². The van der Waals surface area contributed by atoms with Gasteiger partial charge in [-0.05, 0) is 23.6 Å². The third kappa shape index (κ3) is 2.28. The van der Waals surface area contributed by atoms with Crippen molar-refractivity contribution in [3.63, 3.8) is 0 Å². The number of benzene rings is 1. The molecule has 0 saturated carbocycles. The molecule has 1 aromatic carbocycles. The number of carboxylic acid groups (broad SMARTS) is 1. The van der Waals surface area contributed by atoms with E-state index in [0.717, 1.165) is 12.1 Å². The predicted octanol–water partition coefficient (Wildman–Crippen LogP) is 2.50. The van der Waals surface area contributed by atoms with Gasteiger partial charge in [-0.1, -0.05) is 26.0 Å². The Labute approximate surface area is 102 Å². The first-order chi connectivity index (χ1) is 7.99. The third-order valence-corrected chi connectivity index (χ3v) is 3.55. The Morgan fingerprint density at radius 1 is 1.59 bits per heavy atom. The zero-order chi connectivity index (χ0) is 12.6. The molecule has 1 aromatic rings. The van der Waals surface area contributed by atoms with Crippen molar-refractivity contribution in [1.82, 2.24) is 0 Å². The molecule has 0 spiro atoms. The van der Waals surface area contributed by atoms with Gasteiger partial charge in [0.1, 0.15) is 0 Å². The lowest BCUT2D eigenvalue weighted by atomic mass is 9.96. The van der Waals surface area contributed by atoms with E-state index in [9.17, 15) is 4.79 Å². The Bertz CT molecular complexity index is 442. The van der Waals surface area contributed by atoms with Gasteiger partial charge in [0.05, 0.1) is 5.92 Å². The summed E-state index contributed by atoms with van der Waals surface area (Å²) >= 11 is 0. The highest BCUT2D eigenvalue weighted by atomic mass is 16.4. The van der Waals surface area contributed by atoms with E-state index in [-0.39, 0.29) is 5.92 Å². The minimum Gasteiger partial charge on any atom is -0.481 e. The molecular weight excluding hydrogens is 214 g/mol. The maximum absolute atomic E-state index is 10.8. The number of fused-ring (bicyclic) bond motifs is 1. The molecule has 92 valence electrons. The highest BCUT2D eigenvalue weighted by Crippen LogP contribution is 2.35. The van der Waals surface area contributed by atoms with Gasteiger partial charge in [-0.25, -0.2) is 0 Å². The van der Waals surface area contributed by atoms with Crippen molar-refractivity contribution in [3.8, 4) is 0 Å². The molecule has 0 fully saturated rings. The lowest BCUT2D eigenvalue weighted by Crippen LogP contribution is -2.14. The van der Waals surface area contributed by atoms with Crippen LogP contribution < -0.4 is 4.90 Å². The average molecular weight is 233 g/mol. The van der Waals surface area contributed by atoms with E-state index >= 15 is 0 Å². The van der Waals surface area contributed by atoms with Gasteiger partial charge in [-0.15, -0.1) is 0 Å². The molecule has 0 aromatic heterocycles. The van der Waals surface area contributed by atoms with Crippen LogP contribution in [-0.4, -0.2) is 24.7 Å². The Kier molecular flexibility index (Phi) is 3.09. The molecule has 1 aliphatic rings. The van der Waals surface area contributed by atoms with Crippen molar-refractivity contribution < 1.29 is 9.90 Å². The summed E-state index contributed by atoms with van der Waals surface area (Å²) in [6, 6.07) is 6.33. The summed E-state index contributed by atoms with van der Waals surface area (Å²) in [6.07, 6.45) is 0.610. The molecule has 0 amide bonds. The Hall–Kier alpha value is -1.51. The van der Waals surface area contributed by atoms with E-state index < -0.39 is 5.97 Å². The maximum Gasteiger partial charge on any atom is 0.306 e. The van der Waals surface area contributed by atoms with E-state index in [1.54, 1.807) is 6.92 Å². The molecule has 2 unspecified atom stereocenters. The summed E-state index contributed by atoms with van der Waals surface area (Å²) in [5.74, 6) is -0.506. The fourth-order valence-corrected chi connectivity index (χ4v) is 2.52. The largest absolute Gasteiger partial charge is 0.481 e. The van der Waals surface area contributed by atoms with Gasteiger partial charge in [-0.2, -0.15) is 0 Å². The minimum atomic E-state index is -0.726. The van der Waals surface area contributed by atoms with Crippen LogP contribution in [0.15, 0.2) is 18.2 Å². The maximum atomic E-state index is 10.8. The Morgan fingerprint density at radius 3 is 2.94 bits per heavy atom. The number of carbonyl (C=O) groups is 1. The van der Waals surface area contributed by atoms with Crippen LogP contribution in [0.25, 0.3) is 0 Å². The molecule has 3 heteroatoms. The molecule has 1 N–H and O–H groups in total. The minimum absolute atomic E-state index is 0.317. The molecule has 2 atom stereocenters. The number of rotatable bonds is 3. The van der Waals surface area contributed by atoms with Crippen LogP contribution >= 0.6 is 0 Å². The van der Waals surface area contributed by atoms with E-state index in [4.69, 9.17) is 5.11 Å². The normalized spacial score (nSPS) is 20.2. The van der Waals surface area contributed by atoms with Crippen LogP contribution in [-0.2, 0) is 11.2 Å². The quantitative estimate of drug-likeness (QED) is 0.872. The van der Waals surface area contributed by atoms with Crippen LogP contribution in [0.3, 0.4) is 0 Å². The van der Waals surface area contributed by atoms with Crippen molar-refractivity contribution in [2.24, 2.45) is 5.92 Å². The van der Waals surface area contributed by atoms with Crippen LogP contribution in [0.4, 0.5) is 5.69 Å². The number of anilines is 1. The smallest absolute Gasteiger partial charge is 0.306 e. The molecule has 0 saturated heterocycles. The van der Waals surface area contributed by atoms with E-state index in [0.29, 0.717) is 12.3 Å². The van der Waals surface area contributed by atoms with Gasteiger partial charge in [0.2, 0.25) is 0 Å². The van der Waals surface area contributed by atoms with Gasteiger partial charge >= 0.3 is 5.97 Å². The predicted molar refractivity (Wildman–Crippen MR) is 68.6 cm³/mol. The number of carboxylic acids is 1. The van der Waals surface area contributed by atoms with Crippen molar-refractivity contribution >= 4 is 11.7 Å². The monoisotopic (exact) mass is 233 g/mol. The molecule has 1 heterocycles. The summed E-state index contributed by atoms with van der Waals surface area (Å²) in [5.41, 5.74) is 3.76. The van der Waals surface area contributed by atoms with E-state index in [1.165, 1.54) is 11.3 Å². The number of hydrogen-bond donors (Lipinski definition) is 1. The second-order valence-corrected chi connectivity index (χ2v) is 5.12. The lowest BCUT2D eigenvalue weighted by Gasteiger charge is -2.12. The van der Waals surface area contributed by atoms with Crippen molar-refractivity contribution in [2.45, 2.75) is 26.2 Å². The summed E-state index contributed by atoms with van der Waals surface area (Å²) in [4.78, 5) is 13.1. The van der Waals surface area contributed by atoms with Crippen LogP contribution in [0, 0.1) is 5.92 Å². The number of likely N-dealkylation sites (N-methyl/N-ethyl adjacent to an activating group) is 1. The zero-order valence-corrected chi connectivity index (χ0v) is 10.6. The van der Waals surface area contributed by atoms with Gasteiger partial charge < -0.3 is 10.0 Å². The fraction of sp³-hybridized carbons (Fsp3) is 0.500. The second-order valence-electron chi connectivity index (χ2n) is 5.12. The molecule has 2 rings (SSSR count). The van der Waals surface area contributed by atoms with Crippen LogP contribution in [0.5, 0.6) is 0 Å². The summed E-state index contributed by atoms with van der Waals surface area (Å²) < 4.78 is 0. The molecule has 1 aliphatic heterocycles. The fourth-order valence-electron chi connectivity index (χ4n) is 2.52. The van der Waals surface area contributed by atoms with Gasteiger partial charge in [0.15, 0.2) is 0 Å². The first kappa shape index (κ1) is 12.0. The van der Waals surface area contributed by atoms with Crippen molar-refractivity contribution in [1.29, 1.82) is 0 Å². The summed E-state index contributed by atoms with van der Waals surface area (Å²) in [5, 5.41) is 8.92. The van der Waals surface area contributed by atoms with Crippen molar-refractivity contribution in [2.75, 3.05) is 18.5 Å². The summed E-state index contributed by atoms with van der Waals surface area (Å²) in [7, 11) is 2.10. The summed E-state index contributed by atoms with van der Waals surface area (Å²) in [6.45, 7) is 5.02. The lowest BCUT2D eigenvalue weighted by molar-refractivity contribution is -0.141. The Morgan fingerprint density at radius 2 is 2.29 bits per heavy atom. The zero-order valence-electron chi connectivity index (χ0n) is 10.6. The first-order valence-corrected chi connectivity index (χ1v) is 6.05. The van der Waals surface area contributed by atoms with Crippen LogP contribution in [0.2, 0.25) is 0 Å². The standard InChI is InChI=1S/C14H19NO2/c1-9(14(16)17)6-11-4-5-13-12(7-11)10(2)8-15(13)3/h4-5,7,9-10H,6,8H2,1-3H3,(H,16,17). The van der Waals surface area contributed by atoms with Crippen molar-refractivity contribution in [3.05, 3.63) is 29.3 Å². The highest BCUT2D eigenvalue weighted by molar-refractivity contribution is 5.70. The molecule has 0 radical (unpaired) electrons. The molecule has 3 nitrogen and oxygen atoms in total. The SMILES string of the molecule is CC(Cc1ccc2c(c1)C(C)CN2C)C(=O)O.